The number of nitrogens with zero attached hydrogens (tertiary/aromatic N) is 3. The summed E-state index contributed by atoms with van der Waals surface area (Å²) >= 11 is 1.77. The lowest BCUT2D eigenvalue weighted by Crippen LogP contribution is -2.36. The molecule has 0 saturated carbocycles. The molecule has 7 heteroatoms. The lowest BCUT2D eigenvalue weighted by Gasteiger charge is -2.25. The first-order valence-electron chi connectivity index (χ1n) is 10.1. The third-order valence-electron chi connectivity index (χ3n) is 5.52. The molecule has 150 valence electrons. The summed E-state index contributed by atoms with van der Waals surface area (Å²) in [5.74, 6) is 2.15. The molecule has 1 fully saturated rings. The Morgan fingerprint density at radius 2 is 1.97 bits per heavy atom. The van der Waals surface area contributed by atoms with Gasteiger partial charge in [0.25, 0.3) is 0 Å². The number of hydrogen-bond donors (Lipinski definition) is 0. The number of ether oxygens (including phenoxy) is 2. The standard InChI is InChI=1S/C22H23N3O3S/c1-14(26)15-5-7-16(8-6-15)28-21-20-17-3-2-4-18(17)29-22(20)24-19(23-21)13-25-9-11-27-12-10-25/h5-8H,2-4,9-13H2,1H3. The van der Waals surface area contributed by atoms with E-state index in [0.29, 0.717) is 23.7 Å². The van der Waals surface area contributed by atoms with Crippen LogP contribution < -0.4 is 4.74 Å². The highest BCUT2D eigenvalue weighted by molar-refractivity contribution is 7.19. The van der Waals surface area contributed by atoms with Gasteiger partial charge < -0.3 is 9.47 Å². The Kier molecular flexibility index (Phi) is 5.03. The van der Waals surface area contributed by atoms with Crippen molar-refractivity contribution in [3.05, 3.63) is 46.1 Å². The van der Waals surface area contributed by atoms with Crippen molar-refractivity contribution in [2.75, 3.05) is 26.3 Å². The maximum atomic E-state index is 11.5. The topological polar surface area (TPSA) is 64.5 Å². The van der Waals surface area contributed by atoms with E-state index < -0.39 is 0 Å². The van der Waals surface area contributed by atoms with Gasteiger partial charge in [0, 0.05) is 23.5 Å². The summed E-state index contributed by atoms with van der Waals surface area (Å²) in [5, 5.41) is 1.06. The molecule has 0 amide bonds. The van der Waals surface area contributed by atoms with Crippen LogP contribution in [-0.2, 0) is 24.1 Å². The molecule has 0 unspecified atom stereocenters. The number of hydrogen-bond acceptors (Lipinski definition) is 7. The van der Waals surface area contributed by atoms with E-state index in [-0.39, 0.29) is 5.78 Å². The normalized spacial score (nSPS) is 16.9. The molecule has 1 aliphatic heterocycles. The second-order valence-corrected chi connectivity index (χ2v) is 8.64. The summed E-state index contributed by atoms with van der Waals surface area (Å²) in [7, 11) is 0. The first-order chi connectivity index (χ1) is 14.2. The van der Waals surface area contributed by atoms with Crippen LogP contribution in [0.15, 0.2) is 24.3 Å². The monoisotopic (exact) mass is 409 g/mol. The summed E-state index contributed by atoms with van der Waals surface area (Å²) in [6, 6.07) is 7.25. The molecule has 0 atom stereocenters. The second-order valence-electron chi connectivity index (χ2n) is 7.55. The first-order valence-corrected chi connectivity index (χ1v) is 10.9. The average molecular weight is 410 g/mol. The summed E-state index contributed by atoms with van der Waals surface area (Å²) in [6.45, 7) is 5.55. The highest BCUT2D eigenvalue weighted by atomic mass is 32.1. The zero-order chi connectivity index (χ0) is 19.8. The average Bonchev–Trinajstić information content (AvgIpc) is 3.30. The highest BCUT2D eigenvalue weighted by Gasteiger charge is 2.24. The maximum Gasteiger partial charge on any atom is 0.231 e. The van der Waals surface area contributed by atoms with Gasteiger partial charge in [-0.15, -0.1) is 11.3 Å². The van der Waals surface area contributed by atoms with Gasteiger partial charge in [0.1, 0.15) is 16.4 Å². The van der Waals surface area contributed by atoms with E-state index in [9.17, 15) is 4.79 Å². The molecular formula is C22H23N3O3S. The van der Waals surface area contributed by atoms with Crippen molar-refractivity contribution in [3.8, 4) is 11.6 Å². The van der Waals surface area contributed by atoms with Crippen LogP contribution in [0.3, 0.4) is 0 Å². The molecule has 2 aliphatic rings. The summed E-state index contributed by atoms with van der Waals surface area (Å²) in [6.07, 6.45) is 3.35. The number of aromatic nitrogens is 2. The van der Waals surface area contributed by atoms with Crippen LogP contribution in [0.4, 0.5) is 0 Å². The van der Waals surface area contributed by atoms with Crippen molar-refractivity contribution in [2.45, 2.75) is 32.7 Å². The van der Waals surface area contributed by atoms with Crippen LogP contribution in [-0.4, -0.2) is 47.0 Å². The quantitative estimate of drug-likeness (QED) is 0.594. The number of Topliss-reactive ketones (excluding diaryl/α,β-unsaturated/α-hetero) is 1. The molecule has 3 aromatic rings. The van der Waals surface area contributed by atoms with Crippen LogP contribution in [0.2, 0.25) is 0 Å². The fourth-order valence-corrected chi connectivity index (χ4v) is 5.25. The molecule has 2 aromatic heterocycles. The zero-order valence-corrected chi connectivity index (χ0v) is 17.3. The van der Waals surface area contributed by atoms with Crippen LogP contribution >= 0.6 is 11.3 Å². The Bertz CT molecular complexity index is 1060. The smallest absolute Gasteiger partial charge is 0.231 e. The van der Waals surface area contributed by atoms with Crippen molar-refractivity contribution in [1.29, 1.82) is 0 Å². The Labute approximate surface area is 173 Å². The summed E-state index contributed by atoms with van der Waals surface area (Å²) in [4.78, 5) is 26.0. The molecule has 0 radical (unpaired) electrons. The summed E-state index contributed by atoms with van der Waals surface area (Å²) < 4.78 is 11.7. The van der Waals surface area contributed by atoms with Gasteiger partial charge in [-0.25, -0.2) is 4.98 Å². The number of carbonyl (C=O) groups excluding carboxylic acids is 1. The molecule has 6 nitrogen and oxygen atoms in total. The van der Waals surface area contributed by atoms with E-state index in [2.05, 4.69) is 4.90 Å². The lowest BCUT2D eigenvalue weighted by atomic mass is 10.1. The Morgan fingerprint density at radius 1 is 1.17 bits per heavy atom. The van der Waals surface area contributed by atoms with Crippen molar-refractivity contribution in [2.24, 2.45) is 0 Å². The van der Waals surface area contributed by atoms with Gasteiger partial charge in [-0.2, -0.15) is 4.98 Å². The molecule has 1 aromatic carbocycles. The lowest BCUT2D eigenvalue weighted by molar-refractivity contribution is 0.0330. The number of fused-ring (bicyclic) bond motifs is 3. The van der Waals surface area contributed by atoms with Crippen LogP contribution in [0, 0.1) is 0 Å². The van der Waals surface area contributed by atoms with Crippen molar-refractivity contribution in [1.82, 2.24) is 14.9 Å². The molecule has 5 rings (SSSR count). The first kappa shape index (κ1) is 18.7. The van der Waals surface area contributed by atoms with Crippen LogP contribution in [0.1, 0.15) is 40.0 Å². The largest absolute Gasteiger partial charge is 0.438 e. The van der Waals surface area contributed by atoms with E-state index in [1.165, 1.54) is 16.9 Å². The van der Waals surface area contributed by atoms with E-state index in [0.717, 1.165) is 55.2 Å². The minimum Gasteiger partial charge on any atom is -0.438 e. The molecule has 1 saturated heterocycles. The van der Waals surface area contributed by atoms with Gasteiger partial charge in [0.2, 0.25) is 5.88 Å². The number of morpholine rings is 1. The van der Waals surface area contributed by atoms with Gasteiger partial charge >= 0.3 is 0 Å². The SMILES string of the molecule is CC(=O)c1ccc(Oc2nc(CN3CCOCC3)nc3sc4c(c23)CCC4)cc1. The fraction of sp³-hybridized carbons (Fsp3) is 0.409. The zero-order valence-electron chi connectivity index (χ0n) is 16.4. The maximum absolute atomic E-state index is 11.5. The van der Waals surface area contributed by atoms with E-state index in [4.69, 9.17) is 19.4 Å². The van der Waals surface area contributed by atoms with Crippen molar-refractivity contribution >= 4 is 27.3 Å². The summed E-state index contributed by atoms with van der Waals surface area (Å²) in [5.41, 5.74) is 2.02. The third-order valence-corrected chi connectivity index (χ3v) is 6.71. The number of ketones is 1. The molecular weight excluding hydrogens is 386 g/mol. The Hall–Kier alpha value is -2.35. The molecule has 29 heavy (non-hydrogen) atoms. The number of rotatable bonds is 5. The predicted molar refractivity (Wildman–Crippen MR) is 112 cm³/mol. The molecule has 3 heterocycles. The molecule has 1 aliphatic carbocycles. The third kappa shape index (κ3) is 3.77. The Balaban J connectivity index is 1.51. The molecule has 0 spiro atoms. The van der Waals surface area contributed by atoms with Gasteiger partial charge in [-0.3, -0.25) is 9.69 Å². The minimum absolute atomic E-state index is 0.0458. The number of thiophene rings is 1. The van der Waals surface area contributed by atoms with Crippen LogP contribution in [0.5, 0.6) is 11.6 Å². The molecule has 0 bridgehead atoms. The van der Waals surface area contributed by atoms with Gasteiger partial charge in [0.15, 0.2) is 5.78 Å². The van der Waals surface area contributed by atoms with Gasteiger partial charge in [0.05, 0.1) is 25.1 Å². The highest BCUT2D eigenvalue weighted by Crippen LogP contribution is 2.41. The van der Waals surface area contributed by atoms with Crippen LogP contribution in [0.25, 0.3) is 10.2 Å². The van der Waals surface area contributed by atoms with Crippen molar-refractivity contribution < 1.29 is 14.3 Å². The Morgan fingerprint density at radius 3 is 2.72 bits per heavy atom. The second kappa shape index (κ2) is 7.82. The fourth-order valence-electron chi connectivity index (χ4n) is 3.98. The number of aryl methyl sites for hydroxylation is 2. The van der Waals surface area contributed by atoms with Gasteiger partial charge in [-0.1, -0.05) is 0 Å². The molecule has 0 N–H and O–H groups in total. The predicted octanol–water partition coefficient (Wildman–Crippen LogP) is 4.01. The number of carbonyl (C=O) groups is 1. The van der Waals surface area contributed by atoms with E-state index >= 15 is 0 Å². The van der Waals surface area contributed by atoms with E-state index in [1.807, 2.05) is 12.1 Å². The minimum atomic E-state index is 0.0458. The number of benzene rings is 1. The van der Waals surface area contributed by atoms with E-state index in [1.54, 1.807) is 30.4 Å². The van der Waals surface area contributed by atoms with Gasteiger partial charge in [-0.05, 0) is 56.0 Å². The van der Waals surface area contributed by atoms with Crippen molar-refractivity contribution in [3.63, 3.8) is 0 Å².